The second kappa shape index (κ2) is 2.68. The van der Waals surface area contributed by atoms with Gasteiger partial charge in [0.2, 0.25) is 0 Å². The van der Waals surface area contributed by atoms with Crippen molar-refractivity contribution in [2.24, 2.45) is 28.8 Å². The van der Waals surface area contributed by atoms with E-state index < -0.39 is 0 Å². The van der Waals surface area contributed by atoms with Crippen LogP contribution >= 0.6 is 0 Å². The molecule has 2 heteroatoms. The highest BCUT2D eigenvalue weighted by molar-refractivity contribution is 5.16. The van der Waals surface area contributed by atoms with E-state index in [1.165, 1.54) is 6.42 Å². The highest BCUT2D eigenvalue weighted by atomic mass is 16.3. The summed E-state index contributed by atoms with van der Waals surface area (Å²) in [5.41, 5.74) is 0. The summed E-state index contributed by atoms with van der Waals surface area (Å²) in [5, 5.41) is 3.27. The molecule has 2 bridgehead atoms. The molecule has 12 heavy (non-hydrogen) atoms. The van der Waals surface area contributed by atoms with Gasteiger partial charge in [-0.05, 0) is 24.2 Å². The maximum absolute atomic E-state index is 10.6. The molecule has 2 rings (SSSR count). The molecule has 2 nitrogen and oxygen atoms in total. The lowest BCUT2D eigenvalue weighted by Crippen LogP contribution is -2.27. The molecule has 0 aromatic heterocycles. The number of hydrogen-bond acceptors (Lipinski definition) is 2. The van der Waals surface area contributed by atoms with Crippen molar-refractivity contribution in [3.8, 4) is 0 Å². The van der Waals surface area contributed by atoms with Crippen molar-refractivity contribution in [3.05, 3.63) is 17.1 Å². The molecule has 0 saturated heterocycles. The van der Waals surface area contributed by atoms with E-state index in [2.05, 4.69) is 31.2 Å². The third-order valence-corrected chi connectivity index (χ3v) is 3.37. The first-order valence-electron chi connectivity index (χ1n) is 4.75. The minimum Gasteiger partial charge on any atom is -0.150 e. The minimum absolute atomic E-state index is 0.0694. The summed E-state index contributed by atoms with van der Waals surface area (Å²) in [4.78, 5) is 10.6. The molecule has 4 atom stereocenters. The summed E-state index contributed by atoms with van der Waals surface area (Å²) in [6.07, 6.45) is 5.62. The molecule has 0 spiro atoms. The van der Waals surface area contributed by atoms with E-state index in [9.17, 15) is 4.91 Å². The van der Waals surface area contributed by atoms with E-state index in [4.69, 9.17) is 0 Å². The fourth-order valence-electron chi connectivity index (χ4n) is 2.87. The molecule has 0 amide bonds. The molecule has 0 heterocycles. The molecular weight excluding hydrogens is 150 g/mol. The lowest BCUT2D eigenvalue weighted by molar-refractivity contribution is 0.295. The summed E-state index contributed by atoms with van der Waals surface area (Å²) in [6.45, 7) is 4.38. The minimum atomic E-state index is 0.0694. The maximum atomic E-state index is 10.6. The standard InChI is InChI=1S/C10H15NO/c1-6(2)9-7-3-4-8(5-7)10(9)11-12/h3-4,6-10H,5H2,1-2H3/t7-,8+,9+,10+/m0/s1. The Kier molecular flexibility index (Phi) is 1.78. The quantitative estimate of drug-likeness (QED) is 0.457. The van der Waals surface area contributed by atoms with Crippen molar-refractivity contribution in [2.75, 3.05) is 0 Å². The molecule has 0 unspecified atom stereocenters. The van der Waals surface area contributed by atoms with E-state index in [-0.39, 0.29) is 6.04 Å². The van der Waals surface area contributed by atoms with Crippen LogP contribution in [-0.2, 0) is 0 Å². The molecule has 0 N–H and O–H groups in total. The Bertz CT molecular complexity index is 222. The Morgan fingerprint density at radius 2 is 2.00 bits per heavy atom. The van der Waals surface area contributed by atoms with Gasteiger partial charge in [0.05, 0.1) is 0 Å². The molecule has 66 valence electrons. The van der Waals surface area contributed by atoms with Crippen LogP contribution in [-0.4, -0.2) is 6.04 Å². The van der Waals surface area contributed by atoms with Crippen molar-refractivity contribution in [1.82, 2.24) is 0 Å². The van der Waals surface area contributed by atoms with Crippen LogP contribution in [0.4, 0.5) is 0 Å². The third kappa shape index (κ3) is 0.936. The number of allylic oxidation sites excluding steroid dienone is 1. The van der Waals surface area contributed by atoms with E-state index in [0.29, 0.717) is 23.7 Å². The zero-order chi connectivity index (χ0) is 8.72. The summed E-state index contributed by atoms with van der Waals surface area (Å²) in [5.74, 6) is 2.20. The molecular formula is C10H15NO. The maximum Gasteiger partial charge on any atom is 0.102 e. The second-order valence-corrected chi connectivity index (χ2v) is 4.37. The van der Waals surface area contributed by atoms with Crippen LogP contribution in [0.2, 0.25) is 0 Å². The van der Waals surface area contributed by atoms with Crippen LogP contribution in [0.15, 0.2) is 17.3 Å². The Hall–Kier alpha value is -0.660. The third-order valence-electron chi connectivity index (χ3n) is 3.37. The van der Waals surface area contributed by atoms with Gasteiger partial charge in [-0.3, -0.25) is 0 Å². The molecule has 1 fully saturated rings. The molecule has 2 aliphatic rings. The van der Waals surface area contributed by atoms with Crippen LogP contribution in [0, 0.1) is 28.6 Å². The molecule has 0 radical (unpaired) electrons. The van der Waals surface area contributed by atoms with Gasteiger partial charge in [-0.25, -0.2) is 0 Å². The van der Waals surface area contributed by atoms with Gasteiger partial charge in [0, 0.05) is 5.92 Å². The van der Waals surface area contributed by atoms with Gasteiger partial charge in [0.15, 0.2) is 0 Å². The summed E-state index contributed by atoms with van der Waals surface area (Å²) in [6, 6.07) is 0.0694. The monoisotopic (exact) mass is 165 g/mol. The van der Waals surface area contributed by atoms with Crippen molar-refractivity contribution >= 4 is 0 Å². The predicted octanol–water partition coefficient (Wildman–Crippen LogP) is 2.60. The smallest absolute Gasteiger partial charge is 0.102 e. The highest BCUT2D eigenvalue weighted by Gasteiger charge is 2.46. The van der Waals surface area contributed by atoms with Crippen LogP contribution < -0.4 is 0 Å². The molecule has 2 aliphatic carbocycles. The first-order valence-corrected chi connectivity index (χ1v) is 4.75. The first-order chi connectivity index (χ1) is 5.74. The molecule has 0 aliphatic heterocycles. The zero-order valence-electron chi connectivity index (χ0n) is 7.60. The number of hydrogen-bond donors (Lipinski definition) is 0. The molecule has 0 aromatic rings. The number of nitroso groups, excluding NO2 is 1. The molecule has 1 saturated carbocycles. The lowest BCUT2D eigenvalue weighted by atomic mass is 9.81. The Balaban J connectivity index is 2.22. The summed E-state index contributed by atoms with van der Waals surface area (Å²) in [7, 11) is 0. The number of rotatable bonds is 2. The Morgan fingerprint density at radius 1 is 1.33 bits per heavy atom. The van der Waals surface area contributed by atoms with Crippen molar-refractivity contribution in [2.45, 2.75) is 26.3 Å². The SMILES string of the molecule is CC(C)[C@H]1[C@H](N=O)[C@@H]2C=C[C@H]1C2. The highest BCUT2D eigenvalue weighted by Crippen LogP contribution is 2.48. The van der Waals surface area contributed by atoms with Gasteiger partial charge in [-0.2, -0.15) is 4.91 Å². The van der Waals surface area contributed by atoms with E-state index in [1.54, 1.807) is 0 Å². The van der Waals surface area contributed by atoms with E-state index in [0.717, 1.165) is 0 Å². The van der Waals surface area contributed by atoms with Crippen molar-refractivity contribution in [1.29, 1.82) is 0 Å². The number of fused-ring (bicyclic) bond motifs is 2. The zero-order valence-corrected chi connectivity index (χ0v) is 7.60. The topological polar surface area (TPSA) is 29.4 Å². The van der Waals surface area contributed by atoms with Crippen LogP contribution in [0.3, 0.4) is 0 Å². The summed E-state index contributed by atoms with van der Waals surface area (Å²) < 4.78 is 0. The average Bonchev–Trinajstić information content (AvgIpc) is 2.60. The van der Waals surface area contributed by atoms with E-state index in [1.807, 2.05) is 0 Å². The molecule has 0 aromatic carbocycles. The van der Waals surface area contributed by atoms with Gasteiger partial charge >= 0.3 is 0 Å². The average molecular weight is 165 g/mol. The van der Waals surface area contributed by atoms with Crippen molar-refractivity contribution < 1.29 is 0 Å². The van der Waals surface area contributed by atoms with Crippen LogP contribution in [0.1, 0.15) is 20.3 Å². The second-order valence-electron chi connectivity index (χ2n) is 4.37. The van der Waals surface area contributed by atoms with Gasteiger partial charge in [-0.15, -0.1) is 0 Å². The van der Waals surface area contributed by atoms with Crippen LogP contribution in [0.5, 0.6) is 0 Å². The number of nitrogens with zero attached hydrogens (tertiary/aromatic N) is 1. The van der Waals surface area contributed by atoms with Gasteiger partial charge in [-0.1, -0.05) is 31.2 Å². The predicted molar refractivity (Wildman–Crippen MR) is 48.6 cm³/mol. The summed E-state index contributed by atoms with van der Waals surface area (Å²) >= 11 is 0. The largest absolute Gasteiger partial charge is 0.150 e. The normalized spacial score (nSPS) is 44.2. The van der Waals surface area contributed by atoms with Crippen LogP contribution in [0.25, 0.3) is 0 Å². The first kappa shape index (κ1) is 7.96. The van der Waals surface area contributed by atoms with E-state index >= 15 is 0 Å². The van der Waals surface area contributed by atoms with Gasteiger partial charge in [0.25, 0.3) is 0 Å². The van der Waals surface area contributed by atoms with Crippen molar-refractivity contribution in [3.63, 3.8) is 0 Å². The lowest BCUT2D eigenvalue weighted by Gasteiger charge is -2.25. The van der Waals surface area contributed by atoms with Gasteiger partial charge in [0.1, 0.15) is 6.04 Å². The van der Waals surface area contributed by atoms with Gasteiger partial charge < -0.3 is 0 Å². The fourth-order valence-corrected chi connectivity index (χ4v) is 2.87. The Labute approximate surface area is 73.0 Å². The fraction of sp³-hybridized carbons (Fsp3) is 0.800. The Morgan fingerprint density at radius 3 is 2.50 bits per heavy atom.